The molecule has 0 N–H and O–H groups in total. The van der Waals surface area contributed by atoms with E-state index in [2.05, 4.69) is 43.7 Å². The third-order valence-electron chi connectivity index (χ3n) is 5.60. The summed E-state index contributed by atoms with van der Waals surface area (Å²) in [6.45, 7) is 6.86. The van der Waals surface area contributed by atoms with Crippen LogP contribution in [-0.2, 0) is 10.2 Å². The average Bonchev–Trinajstić information content (AvgIpc) is 2.53. The maximum atomic E-state index is 13.2. The van der Waals surface area contributed by atoms with E-state index in [1.54, 1.807) is 24.3 Å². The smallest absolute Gasteiger partial charge is 0.256 e. The molecular formula is C21H28F3NS. The lowest BCUT2D eigenvalue weighted by Crippen LogP contribution is -2.36. The van der Waals surface area contributed by atoms with Crippen molar-refractivity contribution in [2.75, 3.05) is 18.8 Å². The van der Waals surface area contributed by atoms with E-state index in [9.17, 15) is 13.2 Å². The van der Waals surface area contributed by atoms with Crippen LogP contribution in [0.2, 0.25) is 0 Å². The van der Waals surface area contributed by atoms with Crippen LogP contribution in [0.3, 0.4) is 0 Å². The monoisotopic (exact) mass is 383 g/mol. The summed E-state index contributed by atoms with van der Waals surface area (Å²) in [5.74, 6) is 0. The lowest BCUT2D eigenvalue weighted by Gasteiger charge is -2.44. The summed E-state index contributed by atoms with van der Waals surface area (Å²) in [7, 11) is -0.815. The van der Waals surface area contributed by atoms with E-state index < -0.39 is 21.6 Å². The number of nitrogens with zero attached hydrogens (tertiary/aromatic N) is 1. The fourth-order valence-corrected chi connectivity index (χ4v) is 3.32. The number of halogens is 3. The predicted octanol–water partition coefficient (Wildman–Crippen LogP) is 6.52. The van der Waals surface area contributed by atoms with E-state index in [1.807, 2.05) is 12.3 Å². The second kappa shape index (κ2) is 6.59. The van der Waals surface area contributed by atoms with Crippen LogP contribution in [0.4, 0.5) is 13.2 Å². The highest BCUT2D eigenvalue weighted by atomic mass is 32.3. The summed E-state index contributed by atoms with van der Waals surface area (Å²) in [5, 5.41) is 0. The van der Waals surface area contributed by atoms with Crippen molar-refractivity contribution in [3.05, 3.63) is 53.7 Å². The molecule has 0 amide bonds. The maximum Gasteiger partial charge on any atom is 0.397 e. The Balaban J connectivity index is 2.31. The summed E-state index contributed by atoms with van der Waals surface area (Å²) < 4.78 is 39.6. The molecule has 1 aromatic heterocycles. The zero-order valence-corrected chi connectivity index (χ0v) is 17.3. The molecule has 5 heteroatoms. The van der Waals surface area contributed by atoms with Gasteiger partial charge in [0, 0.05) is 16.5 Å². The Morgan fingerprint density at radius 1 is 0.769 bits per heavy atom. The third kappa shape index (κ3) is 3.78. The molecule has 2 rings (SSSR count). The topological polar surface area (TPSA) is 12.9 Å². The first kappa shape index (κ1) is 20.8. The summed E-state index contributed by atoms with van der Waals surface area (Å²) in [6, 6.07) is 10.5. The molecule has 0 saturated carbocycles. The summed E-state index contributed by atoms with van der Waals surface area (Å²) >= 11 is 0. The quantitative estimate of drug-likeness (QED) is 0.586. The molecule has 0 aliphatic heterocycles. The van der Waals surface area contributed by atoms with Gasteiger partial charge in [-0.05, 0) is 63.7 Å². The first-order chi connectivity index (χ1) is 11.7. The van der Waals surface area contributed by atoms with Crippen molar-refractivity contribution >= 4 is 10.0 Å². The number of hydrogen-bond donors (Lipinski definition) is 0. The van der Waals surface area contributed by atoms with E-state index in [0.717, 1.165) is 11.3 Å². The van der Waals surface area contributed by atoms with Gasteiger partial charge in [-0.2, -0.15) is 13.2 Å². The van der Waals surface area contributed by atoms with Gasteiger partial charge in [-0.3, -0.25) is 4.98 Å². The Morgan fingerprint density at radius 2 is 1.27 bits per heavy atom. The number of benzene rings is 1. The number of pyridine rings is 1. The maximum absolute atomic E-state index is 13.2. The van der Waals surface area contributed by atoms with Crippen molar-refractivity contribution in [1.82, 2.24) is 4.98 Å². The molecule has 0 unspecified atom stereocenters. The molecule has 0 bridgehead atoms. The highest BCUT2D eigenvalue weighted by molar-refractivity contribution is 8.32. The molecule has 2 aromatic rings. The van der Waals surface area contributed by atoms with Crippen LogP contribution in [0.15, 0.2) is 42.6 Å². The Kier molecular flexibility index (Phi) is 5.28. The fourth-order valence-electron chi connectivity index (χ4n) is 2.50. The molecule has 0 aliphatic carbocycles. The van der Waals surface area contributed by atoms with Gasteiger partial charge in [0.15, 0.2) is 0 Å². The normalized spacial score (nSPS) is 14.4. The molecule has 0 spiro atoms. The van der Waals surface area contributed by atoms with Crippen LogP contribution in [0, 0.1) is 0 Å². The summed E-state index contributed by atoms with van der Waals surface area (Å²) in [6.07, 6.45) is 4.45. The number of alkyl halides is 3. The largest absolute Gasteiger partial charge is 0.397 e. The zero-order valence-electron chi connectivity index (χ0n) is 16.5. The molecule has 26 heavy (non-hydrogen) atoms. The van der Waals surface area contributed by atoms with E-state index in [4.69, 9.17) is 0 Å². The molecule has 1 aromatic carbocycles. The molecule has 0 saturated heterocycles. The Hall–Kier alpha value is -1.49. The average molecular weight is 384 g/mol. The minimum atomic E-state index is -4.28. The Labute approximate surface area is 156 Å². The molecule has 0 radical (unpaired) electrons. The lowest BCUT2D eigenvalue weighted by molar-refractivity contribution is -0.180. The first-order valence-electron chi connectivity index (χ1n) is 8.50. The van der Waals surface area contributed by atoms with Crippen molar-refractivity contribution in [1.29, 1.82) is 0 Å². The second-order valence-electron chi connectivity index (χ2n) is 8.48. The van der Waals surface area contributed by atoms with Gasteiger partial charge < -0.3 is 0 Å². The van der Waals surface area contributed by atoms with Crippen molar-refractivity contribution < 1.29 is 13.2 Å². The number of rotatable bonds is 4. The molecule has 144 valence electrons. The fraction of sp³-hybridized carbons (Fsp3) is 0.476. The van der Waals surface area contributed by atoms with Gasteiger partial charge in [0.1, 0.15) is 0 Å². The van der Waals surface area contributed by atoms with Gasteiger partial charge in [0.25, 0.3) is 0 Å². The van der Waals surface area contributed by atoms with Crippen LogP contribution in [0.25, 0.3) is 11.3 Å². The molecule has 1 nitrogen and oxygen atoms in total. The molecule has 0 atom stereocenters. The molecule has 0 fully saturated rings. The van der Waals surface area contributed by atoms with E-state index in [0.29, 0.717) is 0 Å². The Bertz CT molecular complexity index is 684. The minimum absolute atomic E-state index is 0.0408. The van der Waals surface area contributed by atoms with Gasteiger partial charge in [0.2, 0.25) is 0 Å². The second-order valence-corrected chi connectivity index (χ2v) is 13.2. The van der Waals surface area contributed by atoms with Crippen LogP contribution in [0.1, 0.15) is 38.8 Å². The molecule has 0 aliphatic rings. The van der Waals surface area contributed by atoms with Crippen LogP contribution in [0.5, 0.6) is 0 Å². The van der Waals surface area contributed by atoms with Crippen molar-refractivity contribution in [3.63, 3.8) is 0 Å². The van der Waals surface area contributed by atoms with Crippen LogP contribution >= 0.6 is 10.0 Å². The third-order valence-corrected chi connectivity index (χ3v) is 8.90. The number of aromatic nitrogens is 1. The summed E-state index contributed by atoms with van der Waals surface area (Å²) in [5.41, 5.74) is 1.15. The molecule has 1 heterocycles. The standard InChI is InChI=1S/C21H28F3NS/c1-19(2,21(22,23)24)16-10-8-15(9-11-16)18-13-12-17(14-25-18)20(3,4)26(5,6)7/h8-14H,1-7H3. The van der Waals surface area contributed by atoms with Gasteiger partial charge in [-0.1, -0.05) is 30.3 Å². The van der Waals surface area contributed by atoms with E-state index in [-0.39, 0.29) is 10.3 Å². The van der Waals surface area contributed by atoms with Crippen LogP contribution in [-0.4, -0.2) is 29.9 Å². The SMILES string of the molecule is CC(C)(c1ccc(-c2ccc(C(C)(C)S(C)(C)C)cn2)cc1)C(F)(F)F. The van der Waals surface area contributed by atoms with Crippen molar-refractivity contribution in [3.8, 4) is 11.3 Å². The van der Waals surface area contributed by atoms with E-state index >= 15 is 0 Å². The van der Waals surface area contributed by atoms with Gasteiger partial charge in [0.05, 0.1) is 11.1 Å². The van der Waals surface area contributed by atoms with Crippen LogP contribution < -0.4 is 0 Å². The van der Waals surface area contributed by atoms with Gasteiger partial charge in [-0.15, -0.1) is 0 Å². The minimum Gasteiger partial charge on any atom is -0.256 e. The molecular weight excluding hydrogens is 355 g/mol. The highest BCUT2D eigenvalue weighted by Gasteiger charge is 2.48. The van der Waals surface area contributed by atoms with Gasteiger partial charge in [-0.25, -0.2) is 10.0 Å². The zero-order chi connectivity index (χ0) is 20.0. The van der Waals surface area contributed by atoms with Crippen molar-refractivity contribution in [2.24, 2.45) is 0 Å². The Morgan fingerprint density at radius 3 is 1.65 bits per heavy atom. The predicted molar refractivity (Wildman–Crippen MR) is 107 cm³/mol. The first-order valence-corrected chi connectivity index (χ1v) is 11.4. The lowest BCUT2D eigenvalue weighted by atomic mass is 9.83. The summed E-state index contributed by atoms with van der Waals surface area (Å²) in [4.78, 5) is 4.56. The van der Waals surface area contributed by atoms with Crippen molar-refractivity contribution in [2.45, 2.75) is 44.0 Å². The van der Waals surface area contributed by atoms with E-state index in [1.165, 1.54) is 19.4 Å². The number of hydrogen-bond acceptors (Lipinski definition) is 1. The highest BCUT2D eigenvalue weighted by Crippen LogP contribution is 2.55. The van der Waals surface area contributed by atoms with Gasteiger partial charge >= 0.3 is 6.18 Å².